The summed E-state index contributed by atoms with van der Waals surface area (Å²) in [6, 6.07) is 91.7. The summed E-state index contributed by atoms with van der Waals surface area (Å²) in [5.74, 6) is 0.385. The molecule has 0 bridgehead atoms. The maximum atomic E-state index is 2.77. The highest BCUT2D eigenvalue weighted by molar-refractivity contribution is 7.00. The Balaban J connectivity index is 1.15. The van der Waals surface area contributed by atoms with Crippen LogP contribution < -0.4 is 26.2 Å². The van der Waals surface area contributed by atoms with Gasteiger partial charge in [0.2, 0.25) is 0 Å². The van der Waals surface area contributed by atoms with Crippen molar-refractivity contribution in [3.8, 4) is 66.8 Å². The van der Waals surface area contributed by atoms with E-state index in [1.807, 2.05) is 0 Å². The van der Waals surface area contributed by atoms with Crippen LogP contribution in [0.4, 0.5) is 34.1 Å². The molecule has 3 heteroatoms. The second-order valence-corrected chi connectivity index (χ2v) is 35.3. The Morgan fingerprint density at radius 1 is 0.263 bits per heavy atom. The summed E-state index contributed by atoms with van der Waals surface area (Å²) in [4.78, 5) is 5.54. The summed E-state index contributed by atoms with van der Waals surface area (Å²) in [5.41, 5.74) is 35.1. The normalized spacial score (nSPS) is 14.5. The van der Waals surface area contributed by atoms with Gasteiger partial charge in [0.1, 0.15) is 0 Å². The minimum absolute atomic E-state index is 0.00955. The predicted molar refractivity (Wildman–Crippen MR) is 431 cm³/mol. The van der Waals surface area contributed by atoms with E-state index in [2.05, 4.69) is 365 Å². The standard InChI is InChI=1S/C96H103BN2/c1-91(2,3)72-44-30-63(31-45-72)69-42-56-84-82(58-69)97-83-59-70(64-32-46-73(47-33-64)92(4,5)6)43-57-85(83)99(90-80(67-38-52-76(53-39-67)95(13,14)15)28-23-29-81(90)68-40-54-77(55-41-68)96(16,17)18)87-61-71(62-24-20-19-21-25-62)60-86(88(87)97)98(84)89-78(65-34-48-74(49-35-65)93(7,8)9)26-22-27-79(89)66-36-50-75(51-37-66)94(10,11)12/h22-23,26-62H,19-21,24-25H2,1-18H3. The van der Waals surface area contributed by atoms with Crippen LogP contribution in [-0.4, -0.2) is 6.71 Å². The largest absolute Gasteiger partial charge is 0.310 e. The molecule has 500 valence electrons. The third-order valence-corrected chi connectivity index (χ3v) is 22.1. The number of anilines is 6. The molecule has 0 radical (unpaired) electrons. The molecule has 99 heavy (non-hydrogen) atoms. The van der Waals surface area contributed by atoms with Gasteiger partial charge in [-0.2, -0.15) is 0 Å². The molecule has 1 fully saturated rings. The number of hydrogen-bond acceptors (Lipinski definition) is 2. The van der Waals surface area contributed by atoms with Crippen LogP contribution in [0.3, 0.4) is 0 Å². The zero-order valence-corrected chi connectivity index (χ0v) is 62.5. The van der Waals surface area contributed by atoms with Crippen molar-refractivity contribution >= 4 is 57.2 Å². The van der Waals surface area contributed by atoms with E-state index in [-0.39, 0.29) is 39.2 Å². The highest BCUT2D eigenvalue weighted by Crippen LogP contribution is 2.55. The fourth-order valence-corrected chi connectivity index (χ4v) is 16.0. The molecule has 1 saturated carbocycles. The molecular formula is C96H103BN2. The van der Waals surface area contributed by atoms with E-state index in [0.29, 0.717) is 5.92 Å². The Bertz CT molecular complexity index is 4360. The average Bonchev–Trinajstić information content (AvgIpc) is 0.688. The van der Waals surface area contributed by atoms with Gasteiger partial charge in [0.15, 0.2) is 0 Å². The molecular weight excluding hydrogens is 1190 g/mol. The first-order valence-corrected chi connectivity index (χ1v) is 36.9. The van der Waals surface area contributed by atoms with Gasteiger partial charge in [-0.3, -0.25) is 0 Å². The Morgan fingerprint density at radius 3 is 0.778 bits per heavy atom. The van der Waals surface area contributed by atoms with Gasteiger partial charge in [-0.25, -0.2) is 0 Å². The van der Waals surface area contributed by atoms with Gasteiger partial charge < -0.3 is 9.80 Å². The molecule has 0 aromatic heterocycles. The monoisotopic (exact) mass is 1290 g/mol. The summed E-state index contributed by atoms with van der Waals surface area (Å²) >= 11 is 0. The molecule has 1 aliphatic carbocycles. The van der Waals surface area contributed by atoms with E-state index in [1.165, 1.54) is 175 Å². The van der Waals surface area contributed by atoms with Crippen LogP contribution in [0.15, 0.2) is 231 Å². The first-order valence-electron chi connectivity index (χ1n) is 36.9. The number of para-hydroxylation sites is 2. The van der Waals surface area contributed by atoms with Crippen LogP contribution in [0.1, 0.15) is 202 Å². The van der Waals surface area contributed by atoms with Crippen LogP contribution in [0.2, 0.25) is 0 Å². The summed E-state index contributed by atoms with van der Waals surface area (Å²) in [5, 5.41) is 0. The fraction of sp³-hybridized carbons (Fsp3) is 0.312. The maximum Gasteiger partial charge on any atom is 0.252 e. The summed E-state index contributed by atoms with van der Waals surface area (Å²) in [6.45, 7) is 41.6. The van der Waals surface area contributed by atoms with Gasteiger partial charge in [0.05, 0.1) is 11.4 Å². The lowest BCUT2D eigenvalue weighted by atomic mass is 9.33. The first-order chi connectivity index (χ1) is 46.9. The quantitative estimate of drug-likeness (QED) is 0.133. The van der Waals surface area contributed by atoms with E-state index in [0.717, 1.165) is 12.8 Å². The molecule has 0 N–H and O–H groups in total. The first kappa shape index (κ1) is 67.3. The average molecular weight is 1300 g/mol. The van der Waals surface area contributed by atoms with Crippen molar-refractivity contribution in [3.63, 3.8) is 0 Å². The SMILES string of the molecule is CC(C)(C)c1ccc(-c2ccc3c(c2)B2c4cc(-c5ccc(C(C)(C)C)cc5)ccc4N(c4c(-c5ccc(C(C)(C)C)cc5)cccc4-c4ccc(C(C)(C)C)cc4)c4cc(C5CCCCC5)cc(c42)N3c2c(-c3ccc(C(C)(C)C)cc3)cccc2-c2ccc(C(C)(C)C)cc2)cc1. The number of nitrogens with zero attached hydrogens (tertiary/aromatic N) is 2. The van der Waals surface area contributed by atoms with Gasteiger partial charge in [0, 0.05) is 45.0 Å². The van der Waals surface area contributed by atoms with Crippen molar-refractivity contribution in [2.75, 3.05) is 9.80 Å². The van der Waals surface area contributed by atoms with E-state index in [1.54, 1.807) is 0 Å². The molecule has 3 aliphatic rings. The second kappa shape index (κ2) is 25.1. The Hall–Kier alpha value is -8.92. The van der Waals surface area contributed by atoms with Crippen molar-refractivity contribution in [3.05, 3.63) is 269 Å². The highest BCUT2D eigenvalue weighted by Gasteiger charge is 2.46. The Kier molecular flexibility index (Phi) is 17.0. The third kappa shape index (κ3) is 12.9. The predicted octanol–water partition coefficient (Wildman–Crippen LogP) is 25.6. The van der Waals surface area contributed by atoms with Crippen LogP contribution in [0, 0.1) is 0 Å². The molecule has 0 amide bonds. The topological polar surface area (TPSA) is 6.48 Å². The van der Waals surface area contributed by atoms with Crippen LogP contribution >= 0.6 is 0 Å². The van der Waals surface area contributed by atoms with Crippen molar-refractivity contribution < 1.29 is 0 Å². The number of rotatable bonds is 9. The maximum absolute atomic E-state index is 2.77. The number of fused-ring (bicyclic) bond motifs is 4. The van der Waals surface area contributed by atoms with Crippen molar-refractivity contribution in [2.24, 2.45) is 0 Å². The Morgan fingerprint density at radius 2 is 0.515 bits per heavy atom. The second-order valence-electron chi connectivity index (χ2n) is 35.3. The molecule has 0 unspecified atom stereocenters. The van der Waals surface area contributed by atoms with E-state index in [4.69, 9.17) is 0 Å². The number of benzene rings is 11. The summed E-state index contributed by atoms with van der Waals surface area (Å²) < 4.78 is 0. The van der Waals surface area contributed by atoms with Gasteiger partial charge in [-0.1, -0.05) is 350 Å². The van der Waals surface area contributed by atoms with Crippen LogP contribution in [-0.2, 0) is 32.5 Å². The van der Waals surface area contributed by atoms with E-state index in [9.17, 15) is 0 Å². The highest BCUT2D eigenvalue weighted by atomic mass is 15.2. The van der Waals surface area contributed by atoms with Gasteiger partial charge in [-0.15, -0.1) is 0 Å². The van der Waals surface area contributed by atoms with Crippen LogP contribution in [0.5, 0.6) is 0 Å². The summed E-state index contributed by atoms with van der Waals surface area (Å²) in [6.07, 6.45) is 6.04. The minimum atomic E-state index is -0.170. The molecule has 14 rings (SSSR count). The molecule has 0 saturated heterocycles. The lowest BCUT2D eigenvalue weighted by molar-refractivity contribution is 0.444. The van der Waals surface area contributed by atoms with Gasteiger partial charge >= 0.3 is 0 Å². The molecule has 11 aromatic carbocycles. The van der Waals surface area contributed by atoms with Gasteiger partial charge in [-0.05, 0) is 175 Å². The van der Waals surface area contributed by atoms with Crippen molar-refractivity contribution in [1.82, 2.24) is 0 Å². The zero-order valence-electron chi connectivity index (χ0n) is 62.5. The lowest BCUT2D eigenvalue weighted by Crippen LogP contribution is -2.61. The minimum Gasteiger partial charge on any atom is -0.310 e. The van der Waals surface area contributed by atoms with E-state index < -0.39 is 0 Å². The smallest absolute Gasteiger partial charge is 0.252 e. The summed E-state index contributed by atoms with van der Waals surface area (Å²) in [7, 11) is 0. The fourth-order valence-electron chi connectivity index (χ4n) is 16.0. The zero-order chi connectivity index (χ0) is 69.9. The molecule has 2 heterocycles. The lowest BCUT2D eigenvalue weighted by Gasteiger charge is -2.46. The van der Waals surface area contributed by atoms with E-state index >= 15 is 0 Å². The number of hydrogen-bond donors (Lipinski definition) is 0. The molecule has 11 aromatic rings. The van der Waals surface area contributed by atoms with Crippen molar-refractivity contribution in [2.45, 2.75) is 195 Å². The Labute approximate surface area is 594 Å². The van der Waals surface area contributed by atoms with Crippen LogP contribution in [0.25, 0.3) is 66.8 Å². The molecule has 2 aliphatic heterocycles. The molecule has 2 nitrogen and oxygen atoms in total. The molecule has 0 spiro atoms. The van der Waals surface area contributed by atoms with Crippen molar-refractivity contribution in [1.29, 1.82) is 0 Å². The molecule has 0 atom stereocenters. The van der Waals surface area contributed by atoms with Gasteiger partial charge in [0.25, 0.3) is 6.71 Å². The third-order valence-electron chi connectivity index (χ3n) is 22.1.